The summed E-state index contributed by atoms with van der Waals surface area (Å²) in [7, 11) is 0. The number of fused-ring (bicyclic) bond motifs is 1. The molecule has 2 saturated carbocycles. The number of aromatic nitrogens is 3. The number of alkyl halides is 1. The van der Waals surface area contributed by atoms with Gasteiger partial charge in [0, 0.05) is 18.2 Å². The van der Waals surface area contributed by atoms with Crippen LogP contribution < -0.4 is 15.4 Å². The van der Waals surface area contributed by atoms with Crippen molar-refractivity contribution in [2.75, 3.05) is 13.2 Å². The van der Waals surface area contributed by atoms with Crippen molar-refractivity contribution in [1.29, 1.82) is 0 Å². The van der Waals surface area contributed by atoms with Gasteiger partial charge >= 0.3 is 0 Å². The van der Waals surface area contributed by atoms with Crippen LogP contribution in [0.3, 0.4) is 0 Å². The Kier molecular flexibility index (Phi) is 7.29. The van der Waals surface area contributed by atoms with E-state index in [0.717, 1.165) is 12.8 Å². The molecule has 3 atom stereocenters. The van der Waals surface area contributed by atoms with E-state index in [9.17, 15) is 14.0 Å². The standard InChI is InChI=1S/C27H31F2N5O4/c1-13-3-8-19(38-11-15-4-5-15)22(23(13)29)25-26-24(30-12-31-25)21(14(2)32-26)27(37)33-16-6-7-18(17(28)9-16)34-20(36)10-35/h3,8,12,15-18,32,35H,4-7,9-11H2,1-2H3,(H,33,37)(H,34,36)/t16-,17-,18-/m1/s1. The minimum atomic E-state index is -1.36. The van der Waals surface area contributed by atoms with Crippen molar-refractivity contribution in [1.82, 2.24) is 25.6 Å². The van der Waals surface area contributed by atoms with E-state index in [0.29, 0.717) is 59.1 Å². The number of aromatic amines is 1. The molecule has 0 radical (unpaired) electrons. The van der Waals surface area contributed by atoms with Crippen molar-refractivity contribution >= 4 is 22.8 Å². The molecular weight excluding hydrogens is 496 g/mol. The third-order valence-corrected chi connectivity index (χ3v) is 7.30. The fourth-order valence-electron chi connectivity index (χ4n) is 5.00. The number of benzene rings is 1. The van der Waals surface area contributed by atoms with Gasteiger partial charge in [0.05, 0.1) is 29.3 Å². The number of H-pyrrole nitrogens is 1. The maximum Gasteiger partial charge on any atom is 0.255 e. The molecule has 9 nitrogen and oxygen atoms in total. The summed E-state index contributed by atoms with van der Waals surface area (Å²) < 4.78 is 36.1. The maximum atomic E-state index is 15.5. The molecule has 2 fully saturated rings. The fourth-order valence-corrected chi connectivity index (χ4v) is 5.00. The van der Waals surface area contributed by atoms with E-state index in [-0.39, 0.29) is 17.5 Å². The molecule has 5 rings (SSSR count). The molecule has 0 unspecified atom stereocenters. The van der Waals surface area contributed by atoms with E-state index < -0.39 is 42.5 Å². The Morgan fingerprint density at radius 2 is 1.95 bits per heavy atom. The maximum absolute atomic E-state index is 15.5. The minimum Gasteiger partial charge on any atom is -0.492 e. The Hall–Kier alpha value is -3.60. The Labute approximate surface area is 218 Å². The van der Waals surface area contributed by atoms with E-state index in [1.807, 2.05) is 0 Å². The Morgan fingerprint density at radius 3 is 2.66 bits per heavy atom. The van der Waals surface area contributed by atoms with Crippen molar-refractivity contribution in [3.05, 3.63) is 41.1 Å². The van der Waals surface area contributed by atoms with Gasteiger partial charge < -0.3 is 25.5 Å². The topological polar surface area (TPSA) is 129 Å². The predicted molar refractivity (Wildman–Crippen MR) is 136 cm³/mol. The van der Waals surface area contributed by atoms with Crippen LogP contribution in [-0.4, -0.2) is 63.3 Å². The summed E-state index contributed by atoms with van der Waals surface area (Å²) >= 11 is 0. The number of amides is 2. The highest BCUT2D eigenvalue weighted by atomic mass is 19.1. The van der Waals surface area contributed by atoms with Gasteiger partial charge in [0.1, 0.15) is 41.9 Å². The van der Waals surface area contributed by atoms with Gasteiger partial charge in [-0.1, -0.05) is 6.07 Å². The van der Waals surface area contributed by atoms with Gasteiger partial charge in [0.15, 0.2) is 0 Å². The monoisotopic (exact) mass is 527 g/mol. The number of carbonyl (C=O) groups excluding carboxylic acids is 2. The molecule has 1 aromatic carbocycles. The molecule has 202 valence electrons. The van der Waals surface area contributed by atoms with Crippen LogP contribution >= 0.6 is 0 Å². The first-order valence-corrected chi connectivity index (χ1v) is 12.9. The van der Waals surface area contributed by atoms with Crippen LogP contribution in [0.1, 0.15) is 53.7 Å². The molecule has 0 spiro atoms. The van der Waals surface area contributed by atoms with E-state index in [1.54, 1.807) is 26.0 Å². The Morgan fingerprint density at radius 1 is 1.16 bits per heavy atom. The highest BCUT2D eigenvalue weighted by Crippen LogP contribution is 2.39. The molecule has 4 N–H and O–H groups in total. The summed E-state index contributed by atoms with van der Waals surface area (Å²) in [4.78, 5) is 36.6. The average Bonchev–Trinajstić information content (AvgIpc) is 3.66. The molecule has 38 heavy (non-hydrogen) atoms. The van der Waals surface area contributed by atoms with Crippen molar-refractivity contribution in [3.8, 4) is 17.0 Å². The number of halogens is 2. The van der Waals surface area contributed by atoms with Crippen LogP contribution in [0.2, 0.25) is 0 Å². The summed E-state index contributed by atoms with van der Waals surface area (Å²) in [5.41, 5.74) is 2.51. The second-order valence-corrected chi connectivity index (χ2v) is 10.2. The number of hydrogen-bond acceptors (Lipinski definition) is 6. The van der Waals surface area contributed by atoms with Crippen molar-refractivity contribution < 1.29 is 28.2 Å². The molecule has 0 aliphatic heterocycles. The number of ether oxygens (including phenoxy) is 1. The van der Waals surface area contributed by atoms with Gasteiger partial charge in [-0.25, -0.2) is 18.7 Å². The molecule has 2 aliphatic rings. The average molecular weight is 528 g/mol. The number of hydrogen-bond donors (Lipinski definition) is 4. The molecule has 2 amide bonds. The molecule has 0 bridgehead atoms. The number of aliphatic hydroxyl groups excluding tert-OH is 1. The van der Waals surface area contributed by atoms with Crippen LogP contribution in [0.25, 0.3) is 22.3 Å². The zero-order chi connectivity index (χ0) is 27.0. The number of nitrogens with one attached hydrogen (secondary N) is 3. The van der Waals surface area contributed by atoms with Crippen molar-refractivity contribution in [2.45, 2.75) is 64.2 Å². The second-order valence-electron chi connectivity index (χ2n) is 10.2. The normalized spacial score (nSPS) is 21.3. The summed E-state index contributed by atoms with van der Waals surface area (Å²) in [6.45, 7) is 3.19. The first-order chi connectivity index (χ1) is 18.3. The third-order valence-electron chi connectivity index (χ3n) is 7.30. The van der Waals surface area contributed by atoms with Gasteiger partial charge in [0.2, 0.25) is 5.91 Å². The highest BCUT2D eigenvalue weighted by molar-refractivity contribution is 6.09. The first kappa shape index (κ1) is 26.0. The molecule has 2 aliphatic carbocycles. The van der Waals surface area contributed by atoms with Gasteiger partial charge in [0.25, 0.3) is 5.91 Å². The van der Waals surface area contributed by atoms with Gasteiger partial charge in [-0.2, -0.15) is 0 Å². The summed E-state index contributed by atoms with van der Waals surface area (Å²) in [5, 5.41) is 14.2. The van der Waals surface area contributed by atoms with E-state index >= 15 is 4.39 Å². The van der Waals surface area contributed by atoms with Crippen molar-refractivity contribution in [2.24, 2.45) is 5.92 Å². The zero-order valence-electron chi connectivity index (χ0n) is 21.3. The molecule has 3 aromatic rings. The number of aliphatic hydroxyl groups is 1. The number of nitrogens with zero attached hydrogens (tertiary/aromatic N) is 2. The predicted octanol–water partition coefficient (Wildman–Crippen LogP) is 3.27. The second kappa shape index (κ2) is 10.6. The first-order valence-electron chi connectivity index (χ1n) is 12.9. The quantitative estimate of drug-likeness (QED) is 0.356. The lowest BCUT2D eigenvalue weighted by molar-refractivity contribution is -0.125. The van der Waals surface area contributed by atoms with Crippen LogP contribution in [0.15, 0.2) is 18.5 Å². The lowest BCUT2D eigenvalue weighted by Crippen LogP contribution is -2.50. The Balaban J connectivity index is 1.41. The molecule has 2 aromatic heterocycles. The van der Waals surface area contributed by atoms with Gasteiger partial charge in [-0.15, -0.1) is 0 Å². The Bertz CT molecular complexity index is 1370. The van der Waals surface area contributed by atoms with E-state index in [4.69, 9.17) is 9.84 Å². The van der Waals surface area contributed by atoms with Gasteiger partial charge in [-0.3, -0.25) is 9.59 Å². The molecule has 2 heterocycles. The van der Waals surface area contributed by atoms with E-state index in [1.165, 1.54) is 6.33 Å². The fraction of sp³-hybridized carbons (Fsp3) is 0.481. The summed E-state index contributed by atoms with van der Waals surface area (Å²) in [6.07, 6.45) is 2.94. The third kappa shape index (κ3) is 5.20. The largest absolute Gasteiger partial charge is 0.492 e. The van der Waals surface area contributed by atoms with E-state index in [2.05, 4.69) is 25.6 Å². The highest BCUT2D eigenvalue weighted by Gasteiger charge is 2.33. The van der Waals surface area contributed by atoms with Crippen LogP contribution in [0, 0.1) is 25.6 Å². The number of aryl methyl sites for hydroxylation is 2. The summed E-state index contributed by atoms with van der Waals surface area (Å²) in [5.74, 6) is -0.641. The smallest absolute Gasteiger partial charge is 0.255 e. The van der Waals surface area contributed by atoms with Crippen molar-refractivity contribution in [3.63, 3.8) is 0 Å². The molecule has 11 heteroatoms. The zero-order valence-corrected chi connectivity index (χ0v) is 21.3. The van der Waals surface area contributed by atoms with Gasteiger partial charge in [-0.05, 0) is 57.1 Å². The SMILES string of the molecule is Cc1ccc(OCC2CC2)c(-c2ncnc3c(C(=O)N[C@@H]4CC[C@@H](NC(=O)CO)[C@H](F)C4)c(C)[nH]c23)c1F. The summed E-state index contributed by atoms with van der Waals surface area (Å²) in [6, 6.07) is 2.26. The lowest BCUT2D eigenvalue weighted by atomic mass is 9.89. The number of carbonyl (C=O) groups is 2. The van der Waals surface area contributed by atoms with Crippen LogP contribution in [0.5, 0.6) is 5.75 Å². The molecular formula is C27H31F2N5O4. The number of rotatable bonds is 8. The lowest BCUT2D eigenvalue weighted by Gasteiger charge is -2.32. The van der Waals surface area contributed by atoms with Crippen LogP contribution in [-0.2, 0) is 4.79 Å². The van der Waals surface area contributed by atoms with Crippen LogP contribution in [0.4, 0.5) is 8.78 Å². The molecule has 0 saturated heterocycles. The minimum absolute atomic E-state index is 0.0277.